The van der Waals surface area contributed by atoms with Gasteiger partial charge in [0.25, 0.3) is 0 Å². The summed E-state index contributed by atoms with van der Waals surface area (Å²) in [6, 6.07) is 11.4. The molecule has 5 heteroatoms. The number of fused-ring (bicyclic) bond motifs is 6. The zero-order valence-corrected chi connectivity index (χ0v) is 28.7. The molecule has 0 aliphatic rings. The van der Waals surface area contributed by atoms with Gasteiger partial charge in [0, 0.05) is 43.8 Å². The summed E-state index contributed by atoms with van der Waals surface area (Å²) >= 11 is 0. The third-order valence-corrected chi connectivity index (χ3v) is 9.38. The molecule has 0 saturated heterocycles. The standard InChI is InChI=1S/C51H32N4O/c1-2-14-33(15-3-1)34-28-30-35(31-29-34)49-52-50(37-17-12-16-36(32-37)38-22-13-23-42-41-20-7-11-27-47(41)56-48(38)42)54-51(53-49)43-21-6-10-26-46(43)55-44-24-8-4-18-39(44)40-19-5-9-25-45(40)55/h1-32H/i1D,2D,3D,4D,5D,7D,8D,11D,13D,14D,15D,18D,19D,20D,22D,23D,24D,25D,27D. The Balaban J connectivity index is 1.18. The minimum absolute atomic E-state index is 0.00396. The molecule has 56 heavy (non-hydrogen) atoms. The number of rotatable bonds is 6. The fourth-order valence-corrected chi connectivity index (χ4v) is 6.85. The first kappa shape index (κ1) is 18.1. The number of hydrogen-bond acceptors (Lipinski definition) is 4. The maximum Gasteiger partial charge on any atom is 0.166 e. The van der Waals surface area contributed by atoms with E-state index in [1.54, 1.807) is 72.8 Å². The molecule has 262 valence electrons. The Morgan fingerprint density at radius 3 is 1.95 bits per heavy atom. The maximum atomic E-state index is 9.15. The monoisotopic (exact) mass is 735 g/mol. The lowest BCUT2D eigenvalue weighted by molar-refractivity contribution is 0.670. The van der Waals surface area contributed by atoms with Crippen molar-refractivity contribution in [3.8, 4) is 62.1 Å². The van der Waals surface area contributed by atoms with E-state index in [1.165, 1.54) is 4.57 Å². The van der Waals surface area contributed by atoms with E-state index >= 15 is 0 Å². The first-order valence-electron chi connectivity index (χ1n) is 26.7. The predicted octanol–water partition coefficient (Wildman–Crippen LogP) is 13.2. The molecule has 0 N–H and O–H groups in total. The Labute approximate surface area is 349 Å². The van der Waals surface area contributed by atoms with Crippen molar-refractivity contribution in [2.24, 2.45) is 0 Å². The molecule has 0 unspecified atom stereocenters. The van der Waals surface area contributed by atoms with Crippen LogP contribution in [0, 0.1) is 0 Å². The molecule has 8 aromatic carbocycles. The highest BCUT2D eigenvalue weighted by atomic mass is 16.3. The Kier molecular flexibility index (Phi) is 4.22. The smallest absolute Gasteiger partial charge is 0.166 e. The van der Waals surface area contributed by atoms with Gasteiger partial charge in [0.05, 0.1) is 42.8 Å². The van der Waals surface area contributed by atoms with E-state index in [4.69, 9.17) is 45.4 Å². The molecule has 0 aliphatic carbocycles. The van der Waals surface area contributed by atoms with E-state index in [0.717, 1.165) is 6.07 Å². The van der Waals surface area contributed by atoms with Crippen molar-refractivity contribution < 1.29 is 30.5 Å². The number of hydrogen-bond donors (Lipinski definition) is 0. The van der Waals surface area contributed by atoms with Gasteiger partial charge >= 0.3 is 0 Å². The molecule has 3 heterocycles. The van der Waals surface area contributed by atoms with E-state index in [-0.39, 0.29) is 107 Å². The van der Waals surface area contributed by atoms with E-state index in [9.17, 15) is 0 Å². The maximum absolute atomic E-state index is 9.15. The van der Waals surface area contributed by atoms with E-state index in [2.05, 4.69) is 0 Å². The molecular formula is C51H32N4O. The lowest BCUT2D eigenvalue weighted by Gasteiger charge is -2.15. The van der Waals surface area contributed by atoms with E-state index in [0.29, 0.717) is 16.7 Å². The highest BCUT2D eigenvalue weighted by Gasteiger charge is 2.20. The minimum Gasteiger partial charge on any atom is -0.455 e. The summed E-state index contributed by atoms with van der Waals surface area (Å²) in [7, 11) is 0. The van der Waals surface area contributed by atoms with Crippen LogP contribution in [0.25, 0.3) is 106 Å². The second kappa shape index (κ2) is 13.0. The molecule has 11 rings (SSSR count). The number of para-hydroxylation sites is 5. The molecule has 0 bridgehead atoms. The first-order chi connectivity index (χ1) is 35.6. The molecule has 5 nitrogen and oxygen atoms in total. The van der Waals surface area contributed by atoms with Crippen LogP contribution in [0.5, 0.6) is 0 Å². The average molecular weight is 736 g/mol. The Hall–Kier alpha value is -7.63. The first-order valence-corrected chi connectivity index (χ1v) is 17.2. The second-order valence-corrected chi connectivity index (χ2v) is 12.6. The third-order valence-electron chi connectivity index (χ3n) is 9.38. The zero-order valence-electron chi connectivity index (χ0n) is 47.7. The van der Waals surface area contributed by atoms with Gasteiger partial charge in [0.1, 0.15) is 11.2 Å². The lowest BCUT2D eigenvalue weighted by Crippen LogP contribution is -2.03. The van der Waals surface area contributed by atoms with Crippen LogP contribution in [0.4, 0.5) is 0 Å². The van der Waals surface area contributed by atoms with Crippen molar-refractivity contribution in [1.29, 1.82) is 0 Å². The van der Waals surface area contributed by atoms with Crippen LogP contribution in [0.15, 0.2) is 198 Å². The topological polar surface area (TPSA) is 56.7 Å². The van der Waals surface area contributed by atoms with Crippen LogP contribution >= 0.6 is 0 Å². The van der Waals surface area contributed by atoms with Crippen molar-refractivity contribution >= 4 is 43.7 Å². The second-order valence-electron chi connectivity index (χ2n) is 12.6. The largest absolute Gasteiger partial charge is 0.455 e. The average Bonchev–Trinajstić information content (AvgIpc) is 4.06. The number of aromatic nitrogens is 4. The summed E-state index contributed by atoms with van der Waals surface area (Å²) in [5.41, 5.74) is 1.14. The molecular weight excluding hydrogens is 685 g/mol. The number of furan rings is 1. The summed E-state index contributed by atoms with van der Waals surface area (Å²) in [6.07, 6.45) is 0. The van der Waals surface area contributed by atoms with Gasteiger partial charge in [-0.25, -0.2) is 15.0 Å². The summed E-state index contributed by atoms with van der Waals surface area (Å²) in [5, 5.41) is -0.331. The quantitative estimate of drug-likeness (QED) is 0.171. The minimum atomic E-state index is -0.580. The van der Waals surface area contributed by atoms with Crippen molar-refractivity contribution in [3.05, 3.63) is 194 Å². The van der Waals surface area contributed by atoms with Gasteiger partial charge in [-0.3, -0.25) is 0 Å². The molecule has 0 radical (unpaired) electrons. The number of benzene rings is 8. The van der Waals surface area contributed by atoms with Crippen molar-refractivity contribution in [2.45, 2.75) is 0 Å². The zero-order chi connectivity index (χ0) is 53.5. The summed E-state index contributed by atoms with van der Waals surface area (Å²) in [6.45, 7) is 0. The fourth-order valence-electron chi connectivity index (χ4n) is 6.85. The van der Waals surface area contributed by atoms with Crippen LogP contribution in [0.2, 0.25) is 0 Å². The van der Waals surface area contributed by atoms with Crippen LogP contribution in [-0.4, -0.2) is 19.5 Å². The van der Waals surface area contributed by atoms with Crippen LogP contribution in [0.1, 0.15) is 26.0 Å². The van der Waals surface area contributed by atoms with Gasteiger partial charge in [-0.1, -0.05) is 157 Å². The van der Waals surface area contributed by atoms with Gasteiger partial charge < -0.3 is 8.98 Å². The molecule has 3 aromatic heterocycles. The van der Waals surface area contributed by atoms with Gasteiger partial charge in [0.15, 0.2) is 17.5 Å². The Bertz CT molecular complexity index is 4340. The summed E-state index contributed by atoms with van der Waals surface area (Å²) in [4.78, 5) is 14.8. The summed E-state index contributed by atoms with van der Waals surface area (Å²) < 4.78 is 172. The van der Waals surface area contributed by atoms with Gasteiger partial charge in [-0.15, -0.1) is 0 Å². The van der Waals surface area contributed by atoms with Gasteiger partial charge in [0.2, 0.25) is 0 Å². The third kappa shape index (κ3) is 5.29. The molecule has 0 amide bonds. The highest BCUT2D eigenvalue weighted by Crippen LogP contribution is 2.39. The predicted molar refractivity (Wildman–Crippen MR) is 229 cm³/mol. The molecule has 0 aliphatic heterocycles. The Morgan fingerprint density at radius 1 is 0.411 bits per heavy atom. The lowest BCUT2D eigenvalue weighted by atomic mass is 10.00. The van der Waals surface area contributed by atoms with E-state index < -0.39 is 96.7 Å². The van der Waals surface area contributed by atoms with Crippen LogP contribution in [-0.2, 0) is 0 Å². The summed E-state index contributed by atoms with van der Waals surface area (Å²) in [5.74, 6) is 0.0262. The van der Waals surface area contributed by atoms with Crippen molar-refractivity contribution in [3.63, 3.8) is 0 Å². The normalized spacial score (nSPS) is 16.3. The van der Waals surface area contributed by atoms with Crippen LogP contribution < -0.4 is 0 Å². The Morgan fingerprint density at radius 2 is 1.07 bits per heavy atom. The fraction of sp³-hybridized carbons (Fsp3) is 0. The highest BCUT2D eigenvalue weighted by molar-refractivity contribution is 6.10. The van der Waals surface area contributed by atoms with Gasteiger partial charge in [-0.05, 0) is 53.0 Å². The molecule has 0 saturated carbocycles. The molecule has 0 fully saturated rings. The molecule has 11 aromatic rings. The van der Waals surface area contributed by atoms with E-state index in [1.807, 2.05) is 0 Å². The van der Waals surface area contributed by atoms with Crippen molar-refractivity contribution in [1.82, 2.24) is 19.5 Å². The van der Waals surface area contributed by atoms with Gasteiger partial charge in [-0.2, -0.15) is 0 Å². The molecule has 0 atom stereocenters. The molecule has 0 spiro atoms. The van der Waals surface area contributed by atoms with Crippen LogP contribution in [0.3, 0.4) is 0 Å². The van der Waals surface area contributed by atoms with Crippen molar-refractivity contribution in [2.75, 3.05) is 0 Å². The number of nitrogens with zero attached hydrogens (tertiary/aromatic N) is 4. The SMILES string of the molecule is [2H]c1cc([2H])c2c(c1[2H])c1c([2H])c([2H])c([2H])c([2H])c1n2-c1ccccc1-c1nc(-c2ccc(-c3c([2H])c([2H])c([2H])c([2H])c3[2H])cc2)nc(-c2cccc(-c3c([2H])c([2H])c([2H])c4c3oc3c([2H])c([2H])c([2H])c([2H])c34)c2)n1.